The van der Waals surface area contributed by atoms with Crippen LogP contribution >= 0.6 is 0 Å². The van der Waals surface area contributed by atoms with Crippen LogP contribution in [0, 0.1) is 0 Å². The summed E-state index contributed by atoms with van der Waals surface area (Å²) in [4.78, 5) is 10.8. The third-order valence-electron chi connectivity index (χ3n) is 3.00. The number of carbonyl (C=O) groups is 1. The Morgan fingerprint density at radius 1 is 1.16 bits per heavy atom. The molecule has 4 heteroatoms. The molecule has 3 aromatic rings. The Labute approximate surface area is 109 Å². The lowest BCUT2D eigenvalue weighted by Crippen LogP contribution is -2.00. The summed E-state index contributed by atoms with van der Waals surface area (Å²) in [6.45, 7) is 0. The molecule has 1 N–H and O–H groups in total. The zero-order valence-corrected chi connectivity index (χ0v) is 10.2. The fourth-order valence-electron chi connectivity index (χ4n) is 2.18. The van der Waals surface area contributed by atoms with Crippen molar-refractivity contribution in [1.82, 2.24) is 9.61 Å². The molecule has 0 fully saturated rings. The van der Waals surface area contributed by atoms with Crippen LogP contribution in [-0.4, -0.2) is 20.7 Å². The summed E-state index contributed by atoms with van der Waals surface area (Å²) < 4.78 is 1.85. The Morgan fingerprint density at radius 3 is 2.84 bits per heavy atom. The zero-order valence-electron chi connectivity index (χ0n) is 10.2. The average molecular weight is 252 g/mol. The van der Waals surface area contributed by atoms with Gasteiger partial charge in [-0.15, -0.1) is 0 Å². The molecule has 0 radical (unpaired) electrons. The standard InChI is InChI=1S/C15H12N2O2/c18-15(19)10-11-3-1-4-12(9-11)14-6-2-5-13-7-8-16-17(13)14/h1-9H,10H2,(H,18,19). The van der Waals surface area contributed by atoms with Crippen molar-refractivity contribution in [2.75, 3.05) is 0 Å². The van der Waals surface area contributed by atoms with E-state index in [2.05, 4.69) is 5.10 Å². The predicted molar refractivity (Wildman–Crippen MR) is 72.0 cm³/mol. The normalized spacial score (nSPS) is 10.7. The van der Waals surface area contributed by atoms with Crippen molar-refractivity contribution in [3.8, 4) is 11.3 Å². The average Bonchev–Trinajstić information content (AvgIpc) is 2.86. The minimum atomic E-state index is -0.825. The highest BCUT2D eigenvalue weighted by Gasteiger charge is 2.06. The topological polar surface area (TPSA) is 54.6 Å². The molecule has 2 aromatic heterocycles. The number of aliphatic carboxylic acids is 1. The van der Waals surface area contributed by atoms with Crippen LogP contribution in [0.5, 0.6) is 0 Å². The number of aromatic nitrogens is 2. The fraction of sp³-hybridized carbons (Fsp3) is 0.0667. The molecule has 3 rings (SSSR count). The van der Waals surface area contributed by atoms with Crippen LogP contribution < -0.4 is 0 Å². The number of rotatable bonds is 3. The molecule has 0 saturated carbocycles. The van der Waals surface area contributed by atoms with E-state index in [-0.39, 0.29) is 6.42 Å². The molecule has 1 aromatic carbocycles. The first kappa shape index (κ1) is 11.5. The number of hydrogen-bond acceptors (Lipinski definition) is 2. The van der Waals surface area contributed by atoms with E-state index in [1.165, 1.54) is 0 Å². The molecule has 0 amide bonds. The molecule has 0 aliphatic carbocycles. The van der Waals surface area contributed by atoms with Crippen LogP contribution in [0.15, 0.2) is 54.7 Å². The first-order valence-electron chi connectivity index (χ1n) is 5.98. The molecule has 0 aliphatic heterocycles. The number of hydrogen-bond donors (Lipinski definition) is 1. The molecule has 19 heavy (non-hydrogen) atoms. The molecule has 0 atom stereocenters. The van der Waals surface area contributed by atoms with Gasteiger partial charge in [0.05, 0.1) is 23.8 Å². The summed E-state index contributed by atoms with van der Waals surface area (Å²) >= 11 is 0. The van der Waals surface area contributed by atoms with Gasteiger partial charge in [-0.3, -0.25) is 4.79 Å². The van der Waals surface area contributed by atoms with Crippen molar-refractivity contribution in [3.05, 3.63) is 60.3 Å². The maximum absolute atomic E-state index is 10.8. The van der Waals surface area contributed by atoms with Gasteiger partial charge in [0.15, 0.2) is 0 Å². The van der Waals surface area contributed by atoms with Gasteiger partial charge in [0, 0.05) is 5.56 Å². The molecule has 0 spiro atoms. The van der Waals surface area contributed by atoms with Crippen LogP contribution in [0.4, 0.5) is 0 Å². The minimum absolute atomic E-state index is 0.0307. The number of nitrogens with zero attached hydrogens (tertiary/aromatic N) is 2. The molecule has 94 valence electrons. The van der Waals surface area contributed by atoms with Crippen molar-refractivity contribution in [2.24, 2.45) is 0 Å². The van der Waals surface area contributed by atoms with Gasteiger partial charge in [0.2, 0.25) is 0 Å². The molecule has 0 saturated heterocycles. The van der Waals surface area contributed by atoms with E-state index >= 15 is 0 Å². The Hall–Kier alpha value is -2.62. The van der Waals surface area contributed by atoms with Crippen LogP contribution in [0.2, 0.25) is 0 Å². The smallest absolute Gasteiger partial charge is 0.307 e. The maximum Gasteiger partial charge on any atom is 0.307 e. The first-order chi connectivity index (χ1) is 9.24. The van der Waals surface area contributed by atoms with E-state index in [4.69, 9.17) is 5.11 Å². The summed E-state index contributed by atoms with van der Waals surface area (Å²) in [5.74, 6) is -0.825. The van der Waals surface area contributed by atoms with Gasteiger partial charge in [0.25, 0.3) is 0 Å². The number of pyridine rings is 1. The van der Waals surface area contributed by atoms with Gasteiger partial charge in [-0.05, 0) is 29.8 Å². The van der Waals surface area contributed by atoms with E-state index in [9.17, 15) is 4.79 Å². The Morgan fingerprint density at radius 2 is 2.00 bits per heavy atom. The lowest BCUT2D eigenvalue weighted by molar-refractivity contribution is -0.136. The van der Waals surface area contributed by atoms with E-state index in [1.807, 2.05) is 53.0 Å². The van der Waals surface area contributed by atoms with Crippen molar-refractivity contribution >= 4 is 11.5 Å². The highest BCUT2D eigenvalue weighted by Crippen LogP contribution is 2.21. The number of fused-ring (bicyclic) bond motifs is 1. The Balaban J connectivity index is 2.11. The number of carboxylic acids is 1. The molecule has 2 heterocycles. The minimum Gasteiger partial charge on any atom is -0.481 e. The number of carboxylic acid groups (broad SMARTS) is 1. The van der Waals surface area contributed by atoms with Crippen molar-refractivity contribution in [3.63, 3.8) is 0 Å². The summed E-state index contributed by atoms with van der Waals surface area (Å²) in [7, 11) is 0. The van der Waals surface area contributed by atoms with Gasteiger partial charge in [0.1, 0.15) is 0 Å². The van der Waals surface area contributed by atoms with Gasteiger partial charge < -0.3 is 5.11 Å². The van der Waals surface area contributed by atoms with Gasteiger partial charge >= 0.3 is 5.97 Å². The maximum atomic E-state index is 10.8. The van der Waals surface area contributed by atoms with Crippen LogP contribution in [0.3, 0.4) is 0 Å². The molecule has 0 bridgehead atoms. The second-order valence-corrected chi connectivity index (χ2v) is 4.35. The summed E-state index contributed by atoms with van der Waals surface area (Å²) in [6, 6.07) is 15.4. The fourth-order valence-corrected chi connectivity index (χ4v) is 2.18. The van der Waals surface area contributed by atoms with E-state index in [1.54, 1.807) is 6.20 Å². The Bertz CT molecular complexity index is 746. The Kier molecular flexibility index (Phi) is 2.76. The van der Waals surface area contributed by atoms with Gasteiger partial charge in [-0.1, -0.05) is 24.3 Å². The largest absolute Gasteiger partial charge is 0.481 e. The monoisotopic (exact) mass is 252 g/mol. The molecular formula is C15H12N2O2. The molecule has 0 aliphatic rings. The molecular weight excluding hydrogens is 240 g/mol. The summed E-state index contributed by atoms with van der Waals surface area (Å²) in [5.41, 5.74) is 3.72. The third-order valence-corrected chi connectivity index (χ3v) is 3.00. The van der Waals surface area contributed by atoms with Gasteiger partial charge in [-0.25, -0.2) is 4.52 Å². The lowest BCUT2D eigenvalue weighted by atomic mass is 10.1. The van der Waals surface area contributed by atoms with Crippen LogP contribution in [0.1, 0.15) is 5.56 Å². The highest BCUT2D eigenvalue weighted by molar-refractivity contribution is 5.72. The second kappa shape index (κ2) is 4.57. The van der Waals surface area contributed by atoms with Gasteiger partial charge in [-0.2, -0.15) is 5.10 Å². The van der Waals surface area contributed by atoms with Crippen molar-refractivity contribution in [1.29, 1.82) is 0 Å². The van der Waals surface area contributed by atoms with Crippen molar-refractivity contribution < 1.29 is 9.90 Å². The number of benzene rings is 1. The van der Waals surface area contributed by atoms with Crippen LogP contribution in [-0.2, 0) is 11.2 Å². The van der Waals surface area contributed by atoms with E-state index < -0.39 is 5.97 Å². The summed E-state index contributed by atoms with van der Waals surface area (Å²) in [6.07, 6.45) is 1.78. The molecule has 0 unspecified atom stereocenters. The van der Waals surface area contributed by atoms with E-state index in [0.29, 0.717) is 0 Å². The summed E-state index contributed by atoms with van der Waals surface area (Å²) in [5, 5.41) is 13.1. The third kappa shape index (κ3) is 2.20. The SMILES string of the molecule is O=C(O)Cc1cccc(-c2cccc3ccnn23)c1. The second-order valence-electron chi connectivity index (χ2n) is 4.35. The predicted octanol–water partition coefficient (Wildman–Crippen LogP) is 2.63. The lowest BCUT2D eigenvalue weighted by Gasteiger charge is -2.06. The zero-order chi connectivity index (χ0) is 13.2. The van der Waals surface area contributed by atoms with Crippen molar-refractivity contribution in [2.45, 2.75) is 6.42 Å². The van der Waals surface area contributed by atoms with Crippen LogP contribution in [0.25, 0.3) is 16.8 Å². The molecule has 4 nitrogen and oxygen atoms in total. The first-order valence-corrected chi connectivity index (χ1v) is 5.98. The van der Waals surface area contributed by atoms with E-state index in [0.717, 1.165) is 22.3 Å². The highest BCUT2D eigenvalue weighted by atomic mass is 16.4. The quantitative estimate of drug-likeness (QED) is 0.779.